The lowest BCUT2D eigenvalue weighted by molar-refractivity contribution is 0.276. The van der Waals surface area contributed by atoms with Gasteiger partial charge < -0.3 is 19.9 Å². The number of para-hydroxylation sites is 1. The Morgan fingerprint density at radius 1 is 1.32 bits per heavy atom. The molecule has 3 aromatic rings. The number of rotatable bonds is 5. The van der Waals surface area contributed by atoms with Crippen molar-refractivity contribution >= 4 is 11.6 Å². The molecular weight excluding hydrogens is 423 g/mol. The molecule has 7 nitrogen and oxygen atoms in total. The monoisotopic (exact) mass is 440 g/mol. The van der Waals surface area contributed by atoms with Crippen LogP contribution in [-0.2, 0) is 6.61 Å². The van der Waals surface area contributed by atoms with Gasteiger partial charge in [0.1, 0.15) is 24.1 Å². The van der Waals surface area contributed by atoms with Crippen LogP contribution in [-0.4, -0.2) is 17.3 Å². The van der Waals surface area contributed by atoms with Crippen LogP contribution >= 0.6 is 11.6 Å². The Morgan fingerprint density at radius 2 is 2.10 bits per heavy atom. The van der Waals surface area contributed by atoms with Crippen molar-refractivity contribution in [3.63, 3.8) is 0 Å². The number of fused-ring (bicyclic) bond motifs is 1. The number of hydrogen-bond acceptors (Lipinski definition) is 6. The van der Waals surface area contributed by atoms with Gasteiger partial charge >= 0.3 is 0 Å². The molecule has 0 fully saturated rings. The second-order valence-corrected chi connectivity index (χ2v) is 7.27. The highest BCUT2D eigenvalue weighted by Crippen LogP contribution is 2.47. The van der Waals surface area contributed by atoms with Gasteiger partial charge in [-0.2, -0.15) is 5.26 Å². The molecular formula is C22H18ClFN4O3. The van der Waals surface area contributed by atoms with Crippen molar-refractivity contribution in [1.82, 2.24) is 10.2 Å². The standard InChI is InChI=1S/C22H18ClFN4O3/c1-11-18-19(13(9-25)21(26)31-22(18)28-27-11)12-5-3-8-17(29-2)20(12)30-10-14-15(23)6-4-7-16(14)24/h3-8,19H,10,26H2,1-2H3,(H,27,28). The van der Waals surface area contributed by atoms with E-state index in [2.05, 4.69) is 16.3 Å². The van der Waals surface area contributed by atoms with Gasteiger partial charge in [-0.25, -0.2) is 4.39 Å². The number of allylic oxidation sites excluding steroid dienone is 1. The maximum Gasteiger partial charge on any atom is 0.244 e. The highest BCUT2D eigenvalue weighted by atomic mass is 35.5. The first-order valence-corrected chi connectivity index (χ1v) is 9.69. The number of nitrogens with one attached hydrogen (secondary N) is 1. The molecule has 0 radical (unpaired) electrons. The maximum atomic E-state index is 14.3. The van der Waals surface area contributed by atoms with Crippen LogP contribution in [0.25, 0.3) is 0 Å². The van der Waals surface area contributed by atoms with Gasteiger partial charge in [0.2, 0.25) is 11.8 Å². The van der Waals surface area contributed by atoms with Gasteiger partial charge in [0, 0.05) is 22.4 Å². The first-order valence-electron chi connectivity index (χ1n) is 9.31. The quantitative estimate of drug-likeness (QED) is 0.612. The van der Waals surface area contributed by atoms with Crippen LogP contribution < -0.4 is 19.9 Å². The summed E-state index contributed by atoms with van der Waals surface area (Å²) in [7, 11) is 1.50. The number of aryl methyl sites for hydroxylation is 1. The molecule has 1 aliphatic rings. The summed E-state index contributed by atoms with van der Waals surface area (Å²) in [5, 5.41) is 17.0. The van der Waals surface area contributed by atoms with Crippen LogP contribution in [0.3, 0.4) is 0 Å². The van der Waals surface area contributed by atoms with E-state index >= 15 is 0 Å². The minimum Gasteiger partial charge on any atom is -0.493 e. The predicted molar refractivity (Wildman–Crippen MR) is 111 cm³/mol. The third-order valence-corrected chi connectivity index (χ3v) is 5.45. The van der Waals surface area contributed by atoms with Crippen LogP contribution in [0, 0.1) is 24.1 Å². The number of halogens is 2. The minimum absolute atomic E-state index is 0.0441. The van der Waals surface area contributed by atoms with Crippen LogP contribution in [0.4, 0.5) is 4.39 Å². The molecule has 2 aromatic carbocycles. The SMILES string of the molecule is COc1cccc(C2C(C#N)=C(N)Oc3n[nH]c(C)c32)c1OCc1c(F)cccc1Cl. The van der Waals surface area contributed by atoms with Gasteiger partial charge in [0.15, 0.2) is 11.5 Å². The van der Waals surface area contributed by atoms with Crippen LogP contribution in [0.1, 0.15) is 28.3 Å². The number of nitriles is 1. The normalized spacial score (nSPS) is 15.1. The van der Waals surface area contributed by atoms with E-state index in [1.165, 1.54) is 19.2 Å². The maximum absolute atomic E-state index is 14.3. The van der Waals surface area contributed by atoms with Gasteiger partial charge in [0.25, 0.3) is 0 Å². The fourth-order valence-corrected chi connectivity index (χ4v) is 3.82. The van der Waals surface area contributed by atoms with Crippen LogP contribution in [0.2, 0.25) is 5.02 Å². The lowest BCUT2D eigenvalue weighted by Crippen LogP contribution is -2.21. The summed E-state index contributed by atoms with van der Waals surface area (Å²) in [6, 6.07) is 11.8. The molecule has 4 rings (SSSR count). The van der Waals surface area contributed by atoms with Crippen molar-refractivity contribution in [3.05, 3.63) is 81.1 Å². The van der Waals surface area contributed by atoms with Gasteiger partial charge in [-0.05, 0) is 25.1 Å². The van der Waals surface area contributed by atoms with Crippen molar-refractivity contribution in [1.29, 1.82) is 5.26 Å². The lowest BCUT2D eigenvalue weighted by atomic mass is 9.83. The number of nitrogens with zero attached hydrogens (tertiary/aromatic N) is 2. The number of H-pyrrole nitrogens is 1. The lowest BCUT2D eigenvalue weighted by Gasteiger charge is -2.26. The zero-order valence-corrected chi connectivity index (χ0v) is 17.5. The summed E-state index contributed by atoms with van der Waals surface area (Å²) in [6.45, 7) is 1.68. The second kappa shape index (κ2) is 8.20. The van der Waals surface area contributed by atoms with Crippen molar-refractivity contribution in [2.75, 3.05) is 7.11 Å². The largest absolute Gasteiger partial charge is 0.493 e. The molecule has 158 valence electrons. The van der Waals surface area contributed by atoms with E-state index in [0.29, 0.717) is 28.3 Å². The molecule has 2 heterocycles. The average molecular weight is 441 g/mol. The molecule has 0 spiro atoms. The van der Waals surface area contributed by atoms with E-state index in [4.69, 9.17) is 31.5 Å². The molecule has 3 N–H and O–H groups in total. The summed E-state index contributed by atoms with van der Waals surface area (Å²) in [5.74, 6) is -0.112. The van der Waals surface area contributed by atoms with Crippen LogP contribution in [0.5, 0.6) is 17.4 Å². The third kappa shape index (κ3) is 3.53. The number of ether oxygens (including phenoxy) is 3. The zero-order valence-electron chi connectivity index (χ0n) is 16.7. The van der Waals surface area contributed by atoms with Gasteiger partial charge in [-0.15, -0.1) is 5.10 Å². The van der Waals surface area contributed by atoms with E-state index in [9.17, 15) is 9.65 Å². The first kappa shape index (κ1) is 20.6. The number of methoxy groups -OCH3 is 1. The number of hydrogen-bond donors (Lipinski definition) is 2. The fourth-order valence-electron chi connectivity index (χ4n) is 3.60. The Kier molecular flexibility index (Phi) is 5.44. The van der Waals surface area contributed by atoms with E-state index in [-0.39, 0.29) is 34.5 Å². The molecule has 0 bridgehead atoms. The van der Waals surface area contributed by atoms with Crippen molar-refractivity contribution < 1.29 is 18.6 Å². The number of aromatic amines is 1. The summed E-state index contributed by atoms with van der Waals surface area (Å²) in [4.78, 5) is 0. The second-order valence-electron chi connectivity index (χ2n) is 6.86. The molecule has 0 saturated carbocycles. The average Bonchev–Trinajstić information content (AvgIpc) is 3.12. The van der Waals surface area contributed by atoms with Gasteiger partial charge in [0.05, 0.1) is 18.1 Å². The topological polar surface area (TPSA) is 106 Å². The van der Waals surface area contributed by atoms with Crippen LogP contribution in [0.15, 0.2) is 47.9 Å². The summed E-state index contributed by atoms with van der Waals surface area (Å²) < 4.78 is 31.3. The molecule has 1 aromatic heterocycles. The minimum atomic E-state index is -0.617. The Bertz CT molecular complexity index is 1210. The summed E-state index contributed by atoms with van der Waals surface area (Å²) in [6.07, 6.45) is 0. The summed E-state index contributed by atoms with van der Waals surface area (Å²) >= 11 is 6.15. The van der Waals surface area contributed by atoms with Crippen molar-refractivity contribution in [2.24, 2.45) is 5.73 Å². The molecule has 0 saturated heterocycles. The molecule has 0 aliphatic carbocycles. The molecule has 31 heavy (non-hydrogen) atoms. The zero-order chi connectivity index (χ0) is 22.1. The number of nitrogens with two attached hydrogens (primary N) is 1. The third-order valence-electron chi connectivity index (χ3n) is 5.09. The van der Waals surface area contributed by atoms with Gasteiger partial charge in [-0.1, -0.05) is 29.8 Å². The Hall–Kier alpha value is -3.70. The molecule has 0 amide bonds. The van der Waals surface area contributed by atoms with E-state index in [0.717, 1.165) is 0 Å². The fraction of sp³-hybridized carbons (Fsp3) is 0.182. The molecule has 1 aliphatic heterocycles. The van der Waals surface area contributed by atoms with Crippen molar-refractivity contribution in [2.45, 2.75) is 19.4 Å². The number of aromatic nitrogens is 2. The highest BCUT2D eigenvalue weighted by molar-refractivity contribution is 6.31. The molecule has 1 atom stereocenters. The highest BCUT2D eigenvalue weighted by Gasteiger charge is 2.36. The Labute approximate surface area is 182 Å². The summed E-state index contributed by atoms with van der Waals surface area (Å²) in [5.41, 5.74) is 8.40. The first-order chi connectivity index (χ1) is 15.0. The van der Waals surface area contributed by atoms with E-state index < -0.39 is 11.7 Å². The molecule has 9 heteroatoms. The molecule has 1 unspecified atom stereocenters. The predicted octanol–water partition coefficient (Wildman–Crippen LogP) is 4.32. The smallest absolute Gasteiger partial charge is 0.244 e. The van der Waals surface area contributed by atoms with Crippen molar-refractivity contribution in [3.8, 4) is 23.4 Å². The number of benzene rings is 2. The Balaban J connectivity index is 1.85. The van der Waals surface area contributed by atoms with E-state index in [1.54, 1.807) is 24.3 Å². The van der Waals surface area contributed by atoms with Gasteiger partial charge in [-0.3, -0.25) is 5.10 Å². The Morgan fingerprint density at radius 3 is 2.81 bits per heavy atom. The van der Waals surface area contributed by atoms with E-state index in [1.807, 2.05) is 6.92 Å².